The van der Waals surface area contributed by atoms with E-state index in [1.165, 1.54) is 0 Å². The van der Waals surface area contributed by atoms with E-state index < -0.39 is 10.0 Å². The number of hydrogen-bond donors (Lipinski definition) is 3. The van der Waals surface area contributed by atoms with E-state index in [0.717, 1.165) is 19.4 Å². The van der Waals surface area contributed by atoms with Crippen LogP contribution in [0.1, 0.15) is 26.7 Å². The molecule has 0 radical (unpaired) electrons. The van der Waals surface area contributed by atoms with E-state index >= 15 is 0 Å². The van der Waals surface area contributed by atoms with Crippen molar-refractivity contribution in [3.63, 3.8) is 0 Å². The van der Waals surface area contributed by atoms with Crippen LogP contribution in [-0.2, 0) is 10.0 Å². The highest BCUT2D eigenvalue weighted by molar-refractivity contribution is 7.89. The maximum Gasteiger partial charge on any atom is 0.242 e. The molecule has 2 rings (SSSR count). The standard InChI is InChI=1S/C14H23N3O2S/c1-11(2)15-9-10-16-13-5-3-4-6-14(13)20(18,19)17-12-7-8-12/h3-6,11-12,15-17H,7-10H2,1-2H3. The zero-order valence-electron chi connectivity index (χ0n) is 12.0. The molecule has 1 aliphatic rings. The third kappa shape index (κ3) is 4.47. The quantitative estimate of drug-likeness (QED) is 0.637. The zero-order chi connectivity index (χ0) is 14.6. The lowest BCUT2D eigenvalue weighted by molar-refractivity contribution is 0.581. The maximum absolute atomic E-state index is 12.3. The summed E-state index contributed by atoms with van der Waals surface area (Å²) in [6.45, 7) is 5.65. The first-order valence-corrected chi connectivity index (χ1v) is 8.56. The molecule has 5 nitrogen and oxygen atoms in total. The average Bonchev–Trinajstić information content (AvgIpc) is 3.18. The number of hydrogen-bond acceptors (Lipinski definition) is 4. The van der Waals surface area contributed by atoms with Crippen LogP contribution < -0.4 is 15.4 Å². The summed E-state index contributed by atoms with van der Waals surface area (Å²) in [6.07, 6.45) is 1.88. The molecule has 1 saturated carbocycles. The Morgan fingerprint density at radius 3 is 2.55 bits per heavy atom. The second-order valence-corrected chi connectivity index (χ2v) is 7.11. The van der Waals surface area contributed by atoms with Crippen molar-refractivity contribution in [3.05, 3.63) is 24.3 Å². The van der Waals surface area contributed by atoms with Crippen LogP contribution >= 0.6 is 0 Å². The average molecular weight is 297 g/mol. The van der Waals surface area contributed by atoms with Crippen LogP contribution in [0.5, 0.6) is 0 Å². The van der Waals surface area contributed by atoms with Gasteiger partial charge in [0.25, 0.3) is 0 Å². The summed E-state index contributed by atoms with van der Waals surface area (Å²) >= 11 is 0. The molecule has 1 aliphatic carbocycles. The lowest BCUT2D eigenvalue weighted by atomic mass is 10.3. The number of para-hydroxylation sites is 1. The van der Waals surface area contributed by atoms with Crippen LogP contribution in [0.25, 0.3) is 0 Å². The normalized spacial score (nSPS) is 15.6. The van der Waals surface area contributed by atoms with Crippen molar-refractivity contribution < 1.29 is 8.42 Å². The van der Waals surface area contributed by atoms with E-state index in [1.54, 1.807) is 18.2 Å². The maximum atomic E-state index is 12.3. The van der Waals surface area contributed by atoms with Gasteiger partial charge in [-0.2, -0.15) is 0 Å². The van der Waals surface area contributed by atoms with Crippen LogP contribution in [0.15, 0.2) is 29.2 Å². The molecule has 1 aromatic carbocycles. The van der Waals surface area contributed by atoms with Gasteiger partial charge in [0.05, 0.1) is 5.69 Å². The molecule has 6 heteroatoms. The highest BCUT2D eigenvalue weighted by Crippen LogP contribution is 2.25. The largest absolute Gasteiger partial charge is 0.383 e. The third-order valence-electron chi connectivity index (χ3n) is 3.07. The van der Waals surface area contributed by atoms with Gasteiger partial charge in [-0.1, -0.05) is 26.0 Å². The number of nitrogens with one attached hydrogen (secondary N) is 3. The molecular weight excluding hydrogens is 274 g/mol. The molecule has 0 aromatic heterocycles. The number of benzene rings is 1. The van der Waals surface area contributed by atoms with Gasteiger partial charge in [0.1, 0.15) is 4.90 Å². The van der Waals surface area contributed by atoms with Crippen molar-refractivity contribution in [1.82, 2.24) is 10.0 Å². The molecule has 0 atom stereocenters. The van der Waals surface area contributed by atoms with Crippen LogP contribution in [0.3, 0.4) is 0 Å². The Morgan fingerprint density at radius 2 is 1.90 bits per heavy atom. The molecule has 112 valence electrons. The molecule has 0 heterocycles. The van der Waals surface area contributed by atoms with E-state index in [4.69, 9.17) is 0 Å². The highest BCUT2D eigenvalue weighted by atomic mass is 32.2. The Morgan fingerprint density at radius 1 is 1.20 bits per heavy atom. The summed E-state index contributed by atoms with van der Waals surface area (Å²) in [5, 5.41) is 6.48. The molecule has 0 saturated heterocycles. The van der Waals surface area contributed by atoms with E-state index in [9.17, 15) is 8.42 Å². The van der Waals surface area contributed by atoms with Gasteiger partial charge < -0.3 is 10.6 Å². The summed E-state index contributed by atoms with van der Waals surface area (Å²) in [7, 11) is -3.41. The topological polar surface area (TPSA) is 70.2 Å². The summed E-state index contributed by atoms with van der Waals surface area (Å²) in [6, 6.07) is 7.58. The van der Waals surface area contributed by atoms with Gasteiger partial charge >= 0.3 is 0 Å². The molecule has 0 amide bonds. The summed E-state index contributed by atoms with van der Waals surface area (Å²) in [5.74, 6) is 0. The second-order valence-electron chi connectivity index (χ2n) is 5.43. The minimum Gasteiger partial charge on any atom is -0.383 e. The molecule has 0 aliphatic heterocycles. The Kier molecular flexibility index (Phi) is 5.01. The van der Waals surface area contributed by atoms with Crippen molar-refractivity contribution in [2.24, 2.45) is 0 Å². The van der Waals surface area contributed by atoms with Crippen LogP contribution in [0.2, 0.25) is 0 Å². The van der Waals surface area contributed by atoms with Crippen LogP contribution in [0.4, 0.5) is 5.69 Å². The first-order chi connectivity index (χ1) is 9.49. The first kappa shape index (κ1) is 15.3. The van der Waals surface area contributed by atoms with Gasteiger partial charge in [0, 0.05) is 25.2 Å². The van der Waals surface area contributed by atoms with Crippen LogP contribution in [-0.4, -0.2) is 33.6 Å². The van der Waals surface area contributed by atoms with Gasteiger partial charge in [-0.05, 0) is 25.0 Å². The van der Waals surface area contributed by atoms with Crippen molar-refractivity contribution in [2.75, 3.05) is 18.4 Å². The zero-order valence-corrected chi connectivity index (χ0v) is 12.8. The smallest absolute Gasteiger partial charge is 0.242 e. The third-order valence-corrected chi connectivity index (χ3v) is 4.65. The van der Waals surface area contributed by atoms with Gasteiger partial charge in [-0.15, -0.1) is 0 Å². The summed E-state index contributed by atoms with van der Waals surface area (Å²) in [4.78, 5) is 0.330. The number of anilines is 1. The molecule has 0 bridgehead atoms. The van der Waals surface area contributed by atoms with Gasteiger partial charge in [0.15, 0.2) is 0 Å². The number of rotatable bonds is 8. The molecule has 3 N–H and O–H groups in total. The molecule has 0 spiro atoms. The molecule has 1 fully saturated rings. The fourth-order valence-electron chi connectivity index (χ4n) is 1.89. The number of sulfonamides is 1. The predicted octanol–water partition coefficient (Wildman–Crippen LogP) is 1.54. The SMILES string of the molecule is CC(C)NCCNc1ccccc1S(=O)(=O)NC1CC1. The van der Waals surface area contributed by atoms with Crippen molar-refractivity contribution in [2.45, 2.75) is 43.7 Å². The van der Waals surface area contributed by atoms with E-state index in [2.05, 4.69) is 29.2 Å². The molecular formula is C14H23N3O2S. The van der Waals surface area contributed by atoms with Crippen molar-refractivity contribution in [3.8, 4) is 0 Å². The molecule has 20 heavy (non-hydrogen) atoms. The summed E-state index contributed by atoms with van der Waals surface area (Å²) < 4.78 is 27.3. The fourth-order valence-corrected chi connectivity index (χ4v) is 3.38. The van der Waals surface area contributed by atoms with Crippen LogP contribution in [0, 0.1) is 0 Å². The summed E-state index contributed by atoms with van der Waals surface area (Å²) in [5.41, 5.74) is 0.659. The Balaban J connectivity index is 2.01. The lowest BCUT2D eigenvalue weighted by Gasteiger charge is -2.14. The Hall–Kier alpha value is -1.11. The van der Waals surface area contributed by atoms with Gasteiger partial charge in [0.2, 0.25) is 10.0 Å². The Bertz CT molecular complexity index is 539. The first-order valence-electron chi connectivity index (χ1n) is 7.07. The Labute approximate surface area is 121 Å². The lowest BCUT2D eigenvalue weighted by Crippen LogP contribution is -2.29. The van der Waals surface area contributed by atoms with Crippen molar-refractivity contribution >= 4 is 15.7 Å². The predicted molar refractivity (Wildman–Crippen MR) is 81.4 cm³/mol. The van der Waals surface area contributed by atoms with Crippen molar-refractivity contribution in [1.29, 1.82) is 0 Å². The minimum absolute atomic E-state index is 0.121. The second kappa shape index (κ2) is 6.56. The van der Waals surface area contributed by atoms with Gasteiger partial charge in [-0.25, -0.2) is 13.1 Å². The van der Waals surface area contributed by atoms with E-state index in [-0.39, 0.29) is 6.04 Å². The monoisotopic (exact) mass is 297 g/mol. The van der Waals surface area contributed by atoms with E-state index in [1.807, 2.05) is 6.07 Å². The van der Waals surface area contributed by atoms with E-state index in [0.29, 0.717) is 23.2 Å². The molecule has 0 unspecified atom stereocenters. The fraction of sp³-hybridized carbons (Fsp3) is 0.571. The van der Waals surface area contributed by atoms with Gasteiger partial charge in [-0.3, -0.25) is 0 Å². The minimum atomic E-state index is -3.41. The molecule has 1 aromatic rings. The highest BCUT2D eigenvalue weighted by Gasteiger charge is 2.29.